The Hall–Kier alpha value is 0.360. The standard InChI is InChI=1S/C9H19BrO3/c1-11-6-7-13-5-3-4-9(10)8-12-2/h9H,3-8H2,1-2H3. The van der Waals surface area contributed by atoms with Crippen molar-refractivity contribution in [1.82, 2.24) is 0 Å². The van der Waals surface area contributed by atoms with Crippen LogP contribution in [0.15, 0.2) is 0 Å². The van der Waals surface area contributed by atoms with Crippen LogP contribution in [0, 0.1) is 0 Å². The first-order chi connectivity index (χ1) is 6.31. The number of halogens is 1. The first-order valence-electron chi connectivity index (χ1n) is 4.51. The Kier molecular flexibility index (Phi) is 10.7. The zero-order valence-electron chi connectivity index (χ0n) is 8.42. The summed E-state index contributed by atoms with van der Waals surface area (Å²) < 4.78 is 15.2. The van der Waals surface area contributed by atoms with Crippen LogP contribution >= 0.6 is 15.9 Å². The van der Waals surface area contributed by atoms with E-state index in [0.29, 0.717) is 18.0 Å². The topological polar surface area (TPSA) is 27.7 Å². The van der Waals surface area contributed by atoms with Gasteiger partial charge in [0.1, 0.15) is 0 Å². The largest absolute Gasteiger partial charge is 0.384 e. The minimum absolute atomic E-state index is 0.448. The van der Waals surface area contributed by atoms with Crippen molar-refractivity contribution in [3.63, 3.8) is 0 Å². The summed E-state index contributed by atoms with van der Waals surface area (Å²) in [7, 11) is 3.39. The van der Waals surface area contributed by atoms with Gasteiger partial charge in [0.2, 0.25) is 0 Å². The van der Waals surface area contributed by atoms with Crippen molar-refractivity contribution in [2.45, 2.75) is 17.7 Å². The molecule has 0 rings (SSSR count). The van der Waals surface area contributed by atoms with Crippen LogP contribution in [0.3, 0.4) is 0 Å². The molecule has 0 radical (unpaired) electrons. The minimum atomic E-state index is 0.448. The third kappa shape index (κ3) is 10.3. The number of rotatable bonds is 9. The van der Waals surface area contributed by atoms with Gasteiger partial charge >= 0.3 is 0 Å². The second kappa shape index (κ2) is 10.4. The fourth-order valence-corrected chi connectivity index (χ4v) is 1.50. The van der Waals surface area contributed by atoms with Crippen molar-refractivity contribution in [3.8, 4) is 0 Å². The molecule has 80 valence electrons. The van der Waals surface area contributed by atoms with Crippen LogP contribution in [0.5, 0.6) is 0 Å². The molecule has 0 saturated heterocycles. The van der Waals surface area contributed by atoms with Crippen LogP contribution in [0.25, 0.3) is 0 Å². The van der Waals surface area contributed by atoms with E-state index in [9.17, 15) is 0 Å². The Balaban J connectivity index is 2.97. The number of hydrogen-bond acceptors (Lipinski definition) is 3. The number of ether oxygens (including phenoxy) is 3. The first kappa shape index (κ1) is 13.4. The smallest absolute Gasteiger partial charge is 0.0700 e. The summed E-state index contributed by atoms with van der Waals surface area (Å²) in [5.74, 6) is 0. The van der Waals surface area contributed by atoms with Gasteiger partial charge in [-0.15, -0.1) is 0 Å². The van der Waals surface area contributed by atoms with Crippen LogP contribution in [0.4, 0.5) is 0 Å². The van der Waals surface area contributed by atoms with E-state index in [1.54, 1.807) is 14.2 Å². The molecule has 0 fully saturated rings. The molecule has 0 bridgehead atoms. The van der Waals surface area contributed by atoms with E-state index >= 15 is 0 Å². The number of methoxy groups -OCH3 is 2. The van der Waals surface area contributed by atoms with Gasteiger partial charge in [0.25, 0.3) is 0 Å². The summed E-state index contributed by atoms with van der Waals surface area (Å²) in [6.45, 7) is 2.93. The molecule has 1 atom stereocenters. The Bertz CT molecular complexity index is 101. The summed E-state index contributed by atoms with van der Waals surface area (Å²) in [5.41, 5.74) is 0. The Morgan fingerprint density at radius 3 is 2.46 bits per heavy atom. The fourth-order valence-electron chi connectivity index (χ4n) is 0.915. The molecule has 0 saturated carbocycles. The van der Waals surface area contributed by atoms with Crippen LogP contribution in [-0.4, -0.2) is 45.5 Å². The van der Waals surface area contributed by atoms with Gasteiger partial charge in [0, 0.05) is 25.7 Å². The van der Waals surface area contributed by atoms with Gasteiger partial charge < -0.3 is 14.2 Å². The van der Waals surface area contributed by atoms with Gasteiger partial charge in [0.15, 0.2) is 0 Å². The molecule has 0 amide bonds. The van der Waals surface area contributed by atoms with Crippen molar-refractivity contribution in [1.29, 1.82) is 0 Å². The van der Waals surface area contributed by atoms with Gasteiger partial charge in [-0.3, -0.25) is 0 Å². The minimum Gasteiger partial charge on any atom is -0.384 e. The lowest BCUT2D eigenvalue weighted by Crippen LogP contribution is -2.09. The van der Waals surface area contributed by atoms with Crippen molar-refractivity contribution >= 4 is 15.9 Å². The van der Waals surface area contributed by atoms with Crippen molar-refractivity contribution in [2.24, 2.45) is 0 Å². The normalized spacial score (nSPS) is 13.2. The summed E-state index contributed by atoms with van der Waals surface area (Å²) in [4.78, 5) is 0.448. The fraction of sp³-hybridized carbons (Fsp3) is 1.00. The van der Waals surface area contributed by atoms with Crippen LogP contribution in [0.2, 0.25) is 0 Å². The molecule has 0 aromatic carbocycles. The summed E-state index contributed by atoms with van der Waals surface area (Å²) in [6.07, 6.45) is 2.14. The highest BCUT2D eigenvalue weighted by molar-refractivity contribution is 9.09. The van der Waals surface area contributed by atoms with Crippen LogP contribution < -0.4 is 0 Å². The third-order valence-electron chi connectivity index (χ3n) is 1.59. The maximum absolute atomic E-state index is 5.32. The second-order valence-corrected chi connectivity index (χ2v) is 4.09. The van der Waals surface area contributed by atoms with E-state index in [1.807, 2.05) is 0 Å². The van der Waals surface area contributed by atoms with Crippen molar-refractivity contribution in [2.75, 3.05) is 40.6 Å². The van der Waals surface area contributed by atoms with Crippen molar-refractivity contribution in [3.05, 3.63) is 0 Å². The van der Waals surface area contributed by atoms with Crippen LogP contribution in [-0.2, 0) is 14.2 Å². The highest BCUT2D eigenvalue weighted by Gasteiger charge is 2.02. The molecule has 0 aliphatic heterocycles. The Morgan fingerprint density at radius 1 is 1.08 bits per heavy atom. The lowest BCUT2D eigenvalue weighted by Gasteiger charge is -2.08. The molecule has 0 spiro atoms. The number of alkyl halides is 1. The number of hydrogen-bond donors (Lipinski definition) is 0. The van der Waals surface area contributed by atoms with E-state index < -0.39 is 0 Å². The zero-order valence-corrected chi connectivity index (χ0v) is 10.0. The van der Waals surface area contributed by atoms with E-state index in [2.05, 4.69) is 15.9 Å². The molecular weight excluding hydrogens is 236 g/mol. The van der Waals surface area contributed by atoms with E-state index in [0.717, 1.165) is 26.1 Å². The first-order valence-corrected chi connectivity index (χ1v) is 5.42. The lowest BCUT2D eigenvalue weighted by molar-refractivity contribution is 0.0680. The molecule has 13 heavy (non-hydrogen) atoms. The molecule has 3 nitrogen and oxygen atoms in total. The molecule has 0 aromatic heterocycles. The molecule has 1 unspecified atom stereocenters. The molecular formula is C9H19BrO3. The maximum Gasteiger partial charge on any atom is 0.0700 e. The summed E-state index contributed by atoms with van der Waals surface area (Å²) in [6, 6.07) is 0. The highest BCUT2D eigenvalue weighted by Crippen LogP contribution is 2.07. The van der Waals surface area contributed by atoms with Gasteiger partial charge in [-0.25, -0.2) is 0 Å². The maximum atomic E-state index is 5.32. The molecule has 0 aromatic rings. The monoisotopic (exact) mass is 254 g/mol. The lowest BCUT2D eigenvalue weighted by atomic mass is 10.2. The second-order valence-electron chi connectivity index (χ2n) is 2.80. The predicted molar refractivity (Wildman–Crippen MR) is 56.5 cm³/mol. The van der Waals surface area contributed by atoms with Gasteiger partial charge in [-0.2, -0.15) is 0 Å². The summed E-state index contributed by atoms with van der Waals surface area (Å²) >= 11 is 3.52. The predicted octanol–water partition coefficient (Wildman–Crippen LogP) is 1.84. The molecule has 0 heterocycles. The van der Waals surface area contributed by atoms with Gasteiger partial charge in [-0.05, 0) is 12.8 Å². The quantitative estimate of drug-likeness (QED) is 0.465. The third-order valence-corrected chi connectivity index (χ3v) is 2.31. The Labute approximate surface area is 88.9 Å². The van der Waals surface area contributed by atoms with Gasteiger partial charge in [-0.1, -0.05) is 15.9 Å². The average Bonchev–Trinajstić information content (AvgIpc) is 2.11. The average molecular weight is 255 g/mol. The van der Waals surface area contributed by atoms with E-state index in [1.165, 1.54) is 0 Å². The SMILES string of the molecule is COCCOCCCC(Br)COC. The highest BCUT2D eigenvalue weighted by atomic mass is 79.9. The molecule has 4 heteroatoms. The summed E-state index contributed by atoms with van der Waals surface area (Å²) in [5, 5.41) is 0. The zero-order chi connectivity index (χ0) is 9.94. The van der Waals surface area contributed by atoms with Gasteiger partial charge in [0.05, 0.1) is 19.8 Å². The molecule has 0 aliphatic rings. The van der Waals surface area contributed by atoms with E-state index in [4.69, 9.17) is 14.2 Å². The van der Waals surface area contributed by atoms with Crippen molar-refractivity contribution < 1.29 is 14.2 Å². The Morgan fingerprint density at radius 2 is 1.85 bits per heavy atom. The van der Waals surface area contributed by atoms with E-state index in [-0.39, 0.29) is 0 Å². The molecule has 0 aliphatic carbocycles. The van der Waals surface area contributed by atoms with Crippen LogP contribution in [0.1, 0.15) is 12.8 Å². The molecule has 0 N–H and O–H groups in total.